The van der Waals surface area contributed by atoms with Crippen molar-refractivity contribution in [2.75, 3.05) is 13.3 Å². The Morgan fingerprint density at radius 1 is 1.44 bits per heavy atom. The maximum absolute atomic E-state index is 12.8. The van der Waals surface area contributed by atoms with Gasteiger partial charge in [0.1, 0.15) is 6.04 Å². The van der Waals surface area contributed by atoms with Crippen LogP contribution in [-0.2, 0) is 16.0 Å². The highest BCUT2D eigenvalue weighted by Gasteiger charge is 2.38. The smallest absolute Gasteiger partial charge is 0.326 e. The predicted octanol–water partition coefficient (Wildman–Crippen LogP) is 1.22. The number of hydrogen-bond acceptors (Lipinski definition) is 5. The highest BCUT2D eigenvalue weighted by Crippen LogP contribution is 2.33. The first kappa shape index (κ1) is 16.7. The molecule has 3 rings (SSSR count). The minimum atomic E-state index is -1.03. The molecule has 1 aromatic rings. The van der Waals surface area contributed by atoms with Gasteiger partial charge in [0.2, 0.25) is 6.79 Å². The number of benzene rings is 1. The standard InChI is InChI=1S/C15H17N5O5/c16-18-19-17-10(14(21)20-5-1-2-11(20)15(22)23)6-9-3-4-12-13(7-9)25-8-24-12/h3-4,7,10-11,17H,1-2,5-6,8H2,(H,22,23)/t10-,11+/m1/s1. The number of azide groups is 1. The van der Waals surface area contributed by atoms with Crippen LogP contribution >= 0.6 is 0 Å². The van der Waals surface area contributed by atoms with Gasteiger partial charge in [0.05, 0.1) is 0 Å². The van der Waals surface area contributed by atoms with Gasteiger partial charge in [0.25, 0.3) is 5.91 Å². The molecule has 2 aliphatic heterocycles. The second-order valence-corrected chi connectivity index (χ2v) is 5.79. The van der Waals surface area contributed by atoms with Gasteiger partial charge in [-0.05, 0) is 35.8 Å². The highest BCUT2D eigenvalue weighted by atomic mass is 16.7. The number of hydrogen-bond donors (Lipinski definition) is 2. The molecule has 0 bridgehead atoms. The van der Waals surface area contributed by atoms with E-state index in [2.05, 4.69) is 15.6 Å². The molecule has 0 saturated carbocycles. The fraction of sp³-hybridized carbons (Fsp3) is 0.467. The molecule has 2 atom stereocenters. The summed E-state index contributed by atoms with van der Waals surface area (Å²) in [7, 11) is 0. The number of aliphatic carboxylic acids is 1. The first-order valence-electron chi connectivity index (χ1n) is 7.81. The summed E-state index contributed by atoms with van der Waals surface area (Å²) in [4.78, 5) is 28.0. The lowest BCUT2D eigenvalue weighted by Gasteiger charge is -2.25. The number of carboxylic acids is 1. The van der Waals surface area contributed by atoms with Crippen LogP contribution in [0, 0.1) is 0 Å². The van der Waals surface area contributed by atoms with Crippen LogP contribution in [0.1, 0.15) is 18.4 Å². The zero-order valence-corrected chi connectivity index (χ0v) is 13.3. The van der Waals surface area contributed by atoms with Gasteiger partial charge in [-0.25, -0.2) is 10.2 Å². The summed E-state index contributed by atoms with van der Waals surface area (Å²) in [5.41, 5.74) is 11.8. The molecule has 10 heteroatoms. The molecule has 2 aliphatic rings. The summed E-state index contributed by atoms with van der Waals surface area (Å²) < 4.78 is 10.6. The molecular weight excluding hydrogens is 330 g/mol. The number of rotatable bonds is 6. The van der Waals surface area contributed by atoms with Gasteiger partial charge in [-0.2, -0.15) is 4.91 Å². The van der Waals surface area contributed by atoms with Crippen molar-refractivity contribution in [1.82, 2.24) is 10.3 Å². The van der Waals surface area contributed by atoms with Crippen molar-refractivity contribution in [2.24, 2.45) is 5.22 Å². The predicted molar refractivity (Wildman–Crippen MR) is 84.7 cm³/mol. The summed E-state index contributed by atoms with van der Waals surface area (Å²) in [5, 5.41) is 12.5. The van der Waals surface area contributed by atoms with Crippen molar-refractivity contribution in [3.8, 4) is 11.5 Å². The topological polar surface area (TPSA) is 137 Å². The highest BCUT2D eigenvalue weighted by molar-refractivity contribution is 5.87. The van der Waals surface area contributed by atoms with Gasteiger partial charge in [-0.15, -0.1) is 5.53 Å². The fourth-order valence-corrected chi connectivity index (χ4v) is 3.07. The number of carbonyl (C=O) groups is 2. The monoisotopic (exact) mass is 347 g/mol. The summed E-state index contributed by atoms with van der Waals surface area (Å²) in [6.45, 7) is 0.511. The van der Waals surface area contributed by atoms with Crippen molar-refractivity contribution in [3.05, 3.63) is 34.2 Å². The summed E-state index contributed by atoms with van der Waals surface area (Å²) in [6, 6.07) is 3.56. The third kappa shape index (κ3) is 3.53. The number of nitrogens with zero attached hydrogens (tertiary/aromatic N) is 4. The van der Waals surface area contributed by atoms with E-state index >= 15 is 0 Å². The van der Waals surface area contributed by atoms with Crippen LogP contribution < -0.4 is 14.9 Å². The van der Waals surface area contributed by atoms with E-state index in [0.29, 0.717) is 30.9 Å². The molecule has 1 amide bonds. The van der Waals surface area contributed by atoms with Crippen LogP contribution in [0.4, 0.5) is 0 Å². The quantitative estimate of drug-likeness (QED) is 0.343. The van der Waals surface area contributed by atoms with Gasteiger partial charge < -0.3 is 19.5 Å². The molecule has 0 aromatic heterocycles. The molecule has 10 nitrogen and oxygen atoms in total. The summed E-state index contributed by atoms with van der Waals surface area (Å²) in [6.07, 6.45) is 1.26. The third-order valence-electron chi connectivity index (χ3n) is 4.25. The minimum Gasteiger partial charge on any atom is -0.480 e. The Hall–Kier alpha value is -3.13. The van der Waals surface area contributed by atoms with Crippen LogP contribution in [0.5, 0.6) is 11.5 Å². The molecule has 25 heavy (non-hydrogen) atoms. The Kier molecular flexibility index (Phi) is 4.80. The number of likely N-dealkylation sites (tertiary alicyclic amines) is 1. The van der Waals surface area contributed by atoms with Crippen molar-refractivity contribution in [1.29, 1.82) is 0 Å². The van der Waals surface area contributed by atoms with Crippen LogP contribution in [0.15, 0.2) is 23.4 Å². The first-order valence-corrected chi connectivity index (χ1v) is 7.81. The Balaban J connectivity index is 1.78. The number of amides is 1. The summed E-state index contributed by atoms with van der Waals surface area (Å²) in [5.74, 6) is -0.233. The maximum atomic E-state index is 12.8. The second-order valence-electron chi connectivity index (χ2n) is 5.79. The SMILES string of the molecule is [N-]=[N+]=NN[C@H](Cc1ccc2c(c1)OCO2)C(=O)N1CCC[C@H]1C(=O)O. The maximum Gasteiger partial charge on any atom is 0.326 e. The van der Waals surface area contributed by atoms with Crippen LogP contribution in [0.3, 0.4) is 0 Å². The van der Waals surface area contributed by atoms with Gasteiger partial charge in [0.15, 0.2) is 17.5 Å². The van der Waals surface area contributed by atoms with E-state index in [1.54, 1.807) is 18.2 Å². The van der Waals surface area contributed by atoms with Crippen molar-refractivity contribution in [3.63, 3.8) is 0 Å². The van der Waals surface area contributed by atoms with Gasteiger partial charge in [-0.1, -0.05) is 6.07 Å². The number of fused-ring (bicyclic) bond motifs is 1. The number of carbonyl (C=O) groups excluding carboxylic acids is 1. The molecule has 0 radical (unpaired) electrons. The largest absolute Gasteiger partial charge is 0.480 e. The lowest BCUT2D eigenvalue weighted by molar-refractivity contribution is -0.149. The third-order valence-corrected chi connectivity index (χ3v) is 4.25. The van der Waals surface area contributed by atoms with E-state index in [1.807, 2.05) is 0 Å². The lowest BCUT2D eigenvalue weighted by atomic mass is 10.0. The zero-order valence-electron chi connectivity index (χ0n) is 13.3. The van der Waals surface area contributed by atoms with Crippen molar-refractivity contribution in [2.45, 2.75) is 31.3 Å². The van der Waals surface area contributed by atoms with Crippen LogP contribution in [0.25, 0.3) is 10.4 Å². The molecule has 0 unspecified atom stereocenters. The molecule has 1 saturated heterocycles. The molecular formula is C15H17N5O5. The van der Waals surface area contributed by atoms with Gasteiger partial charge in [-0.3, -0.25) is 4.79 Å². The Bertz CT molecular complexity index is 733. The average molecular weight is 347 g/mol. The van der Waals surface area contributed by atoms with E-state index in [9.17, 15) is 14.7 Å². The minimum absolute atomic E-state index is 0.145. The van der Waals surface area contributed by atoms with E-state index < -0.39 is 24.0 Å². The van der Waals surface area contributed by atoms with Crippen molar-refractivity contribution < 1.29 is 24.2 Å². The zero-order chi connectivity index (χ0) is 17.8. The Morgan fingerprint density at radius 3 is 3.00 bits per heavy atom. The van der Waals surface area contributed by atoms with Crippen LogP contribution in [-0.4, -0.2) is 47.3 Å². The second kappa shape index (κ2) is 7.18. The number of nitrogens with one attached hydrogen (secondary N) is 1. The van der Waals surface area contributed by atoms with Crippen molar-refractivity contribution >= 4 is 11.9 Å². The molecule has 132 valence electrons. The Morgan fingerprint density at radius 2 is 2.24 bits per heavy atom. The van der Waals surface area contributed by atoms with Gasteiger partial charge >= 0.3 is 5.97 Å². The molecule has 2 heterocycles. The number of ether oxygens (including phenoxy) is 2. The van der Waals surface area contributed by atoms with E-state index in [4.69, 9.17) is 15.0 Å². The van der Waals surface area contributed by atoms with Crippen LogP contribution in [0.2, 0.25) is 0 Å². The molecule has 2 N–H and O–H groups in total. The molecule has 1 fully saturated rings. The number of carboxylic acid groups (broad SMARTS) is 1. The van der Waals surface area contributed by atoms with E-state index in [-0.39, 0.29) is 13.2 Å². The first-order chi connectivity index (χ1) is 12.1. The Labute approximate surface area is 142 Å². The normalized spacial score (nSPS) is 19.2. The molecule has 0 spiro atoms. The molecule has 1 aromatic carbocycles. The fourth-order valence-electron chi connectivity index (χ4n) is 3.07. The molecule has 0 aliphatic carbocycles. The van der Waals surface area contributed by atoms with E-state index in [1.165, 1.54) is 4.90 Å². The average Bonchev–Trinajstić information content (AvgIpc) is 3.26. The summed E-state index contributed by atoms with van der Waals surface area (Å²) >= 11 is 0. The lowest BCUT2D eigenvalue weighted by Crippen LogP contribution is -2.50. The van der Waals surface area contributed by atoms with E-state index in [0.717, 1.165) is 5.56 Å². The van der Waals surface area contributed by atoms with Gasteiger partial charge in [0, 0.05) is 13.0 Å².